The maximum atomic E-state index is 11.8. The van der Waals surface area contributed by atoms with Gasteiger partial charge in [0.05, 0.1) is 11.4 Å². The van der Waals surface area contributed by atoms with E-state index in [4.69, 9.17) is 11.6 Å². The second-order valence-electron chi connectivity index (χ2n) is 3.82. The molecule has 1 aromatic heterocycles. The number of carbonyl (C=O) groups is 2. The van der Waals surface area contributed by atoms with Gasteiger partial charge in [0.15, 0.2) is 11.9 Å². The first kappa shape index (κ1) is 12.6. The normalized spacial score (nSPS) is 19.4. The molecular weight excluding hydrogens is 258 g/mol. The van der Waals surface area contributed by atoms with Crippen molar-refractivity contribution in [3.8, 4) is 0 Å². The summed E-state index contributed by atoms with van der Waals surface area (Å²) < 4.78 is 0. The number of rotatable bonds is 3. The fourth-order valence-electron chi connectivity index (χ4n) is 1.97. The molecular formula is C11H12ClN3O3. The molecule has 0 spiro atoms. The molecule has 0 saturated carbocycles. The van der Waals surface area contributed by atoms with Crippen molar-refractivity contribution in [2.24, 2.45) is 0 Å². The molecule has 0 aromatic carbocycles. The maximum Gasteiger partial charge on any atom is 0.329 e. The van der Waals surface area contributed by atoms with Crippen molar-refractivity contribution >= 4 is 29.3 Å². The lowest BCUT2D eigenvalue weighted by Gasteiger charge is -2.30. The molecule has 0 bridgehead atoms. The molecule has 7 heteroatoms. The minimum atomic E-state index is -1.07. The molecule has 2 heterocycles. The van der Waals surface area contributed by atoms with Gasteiger partial charge in [-0.05, 0) is 19.1 Å². The van der Waals surface area contributed by atoms with Crippen LogP contribution in [0.3, 0.4) is 0 Å². The number of hydrogen-bond acceptors (Lipinski definition) is 4. The van der Waals surface area contributed by atoms with Gasteiger partial charge in [0.25, 0.3) is 0 Å². The second kappa shape index (κ2) is 4.81. The first-order chi connectivity index (χ1) is 8.56. The monoisotopic (exact) mass is 269 g/mol. The predicted molar refractivity (Wildman–Crippen MR) is 65.2 cm³/mol. The molecule has 1 amide bonds. The summed E-state index contributed by atoms with van der Waals surface area (Å²) in [6.45, 7) is 2.14. The van der Waals surface area contributed by atoms with Gasteiger partial charge < -0.3 is 5.11 Å². The first-order valence-electron chi connectivity index (χ1n) is 5.49. The summed E-state index contributed by atoms with van der Waals surface area (Å²) in [6, 6.07) is 2.31. The van der Waals surface area contributed by atoms with Crippen LogP contribution in [-0.4, -0.2) is 39.6 Å². The molecule has 1 aliphatic rings. The van der Waals surface area contributed by atoms with Gasteiger partial charge >= 0.3 is 5.97 Å². The number of hydrazine groups is 1. The van der Waals surface area contributed by atoms with Crippen molar-refractivity contribution in [1.82, 2.24) is 9.99 Å². The molecule has 1 atom stereocenters. The predicted octanol–water partition coefficient (Wildman–Crippen LogP) is 1.16. The summed E-state index contributed by atoms with van der Waals surface area (Å²) in [6.07, 6.45) is 1.44. The number of halogens is 1. The number of hydrogen-bond donors (Lipinski definition) is 1. The van der Waals surface area contributed by atoms with E-state index in [2.05, 4.69) is 4.98 Å². The average molecular weight is 270 g/mol. The summed E-state index contributed by atoms with van der Waals surface area (Å²) in [5.74, 6) is -1.02. The lowest BCUT2D eigenvalue weighted by Crippen LogP contribution is -2.46. The van der Waals surface area contributed by atoms with E-state index < -0.39 is 12.0 Å². The third kappa shape index (κ3) is 1.99. The standard InChI is InChI=1S/C11H12ClN3O3/c1-2-14-9(16)6-8(11(17)18)15(14)10-7(12)4-3-5-13-10/h3-5,8H,2,6H2,1H3,(H,17,18). The Labute approximate surface area is 109 Å². The molecule has 1 saturated heterocycles. The Kier molecular flexibility index (Phi) is 3.38. The topological polar surface area (TPSA) is 73.7 Å². The average Bonchev–Trinajstić information content (AvgIpc) is 2.67. The number of aromatic nitrogens is 1. The third-order valence-electron chi connectivity index (χ3n) is 2.75. The van der Waals surface area contributed by atoms with Crippen molar-refractivity contribution in [3.05, 3.63) is 23.4 Å². The van der Waals surface area contributed by atoms with Gasteiger partial charge in [-0.2, -0.15) is 0 Å². The zero-order valence-electron chi connectivity index (χ0n) is 9.71. The van der Waals surface area contributed by atoms with Crippen LogP contribution in [0, 0.1) is 0 Å². The number of carboxylic acid groups (broad SMARTS) is 1. The molecule has 2 rings (SSSR count). The van der Waals surface area contributed by atoms with Crippen molar-refractivity contribution in [1.29, 1.82) is 0 Å². The van der Waals surface area contributed by atoms with Gasteiger partial charge in [0.2, 0.25) is 5.91 Å². The number of carbonyl (C=O) groups excluding carboxylic acids is 1. The zero-order valence-corrected chi connectivity index (χ0v) is 10.5. The minimum absolute atomic E-state index is 0.0733. The summed E-state index contributed by atoms with van der Waals surface area (Å²) in [5, 5.41) is 12.2. The summed E-state index contributed by atoms with van der Waals surface area (Å²) in [5.41, 5.74) is 0. The molecule has 1 unspecified atom stereocenters. The van der Waals surface area contributed by atoms with Crippen molar-refractivity contribution in [2.45, 2.75) is 19.4 Å². The van der Waals surface area contributed by atoms with E-state index in [-0.39, 0.29) is 12.3 Å². The Morgan fingerprint density at radius 1 is 1.67 bits per heavy atom. The maximum absolute atomic E-state index is 11.8. The van der Waals surface area contributed by atoms with Crippen LogP contribution in [0.1, 0.15) is 13.3 Å². The van der Waals surface area contributed by atoms with Gasteiger partial charge in [-0.15, -0.1) is 0 Å². The van der Waals surface area contributed by atoms with Gasteiger partial charge in [-0.25, -0.2) is 14.8 Å². The highest BCUT2D eigenvalue weighted by atomic mass is 35.5. The highest BCUT2D eigenvalue weighted by molar-refractivity contribution is 6.33. The Hall–Kier alpha value is -1.82. The van der Waals surface area contributed by atoms with E-state index in [0.29, 0.717) is 17.4 Å². The molecule has 18 heavy (non-hydrogen) atoms. The molecule has 6 nitrogen and oxygen atoms in total. The highest BCUT2D eigenvalue weighted by Gasteiger charge is 2.42. The number of carboxylic acids is 1. The van der Waals surface area contributed by atoms with Crippen LogP contribution < -0.4 is 5.01 Å². The SMILES string of the molecule is CCN1C(=O)CC(C(=O)O)N1c1ncccc1Cl. The van der Waals surface area contributed by atoms with E-state index >= 15 is 0 Å². The van der Waals surface area contributed by atoms with E-state index in [1.54, 1.807) is 19.1 Å². The van der Waals surface area contributed by atoms with Crippen molar-refractivity contribution in [2.75, 3.05) is 11.6 Å². The third-order valence-corrected chi connectivity index (χ3v) is 3.05. The largest absolute Gasteiger partial charge is 0.480 e. The Morgan fingerprint density at radius 2 is 2.39 bits per heavy atom. The van der Waals surface area contributed by atoms with E-state index in [0.717, 1.165) is 0 Å². The highest BCUT2D eigenvalue weighted by Crippen LogP contribution is 2.31. The number of nitrogens with zero attached hydrogens (tertiary/aromatic N) is 3. The molecule has 0 radical (unpaired) electrons. The van der Waals surface area contributed by atoms with E-state index in [1.165, 1.54) is 16.2 Å². The van der Waals surface area contributed by atoms with E-state index in [1.807, 2.05) is 0 Å². The van der Waals surface area contributed by atoms with Gasteiger partial charge in [-0.3, -0.25) is 9.80 Å². The smallest absolute Gasteiger partial charge is 0.329 e. The number of pyridine rings is 1. The fourth-order valence-corrected chi connectivity index (χ4v) is 2.18. The minimum Gasteiger partial charge on any atom is -0.480 e. The van der Waals surface area contributed by atoms with Crippen LogP contribution in [0.15, 0.2) is 18.3 Å². The lowest BCUT2D eigenvalue weighted by atomic mass is 10.2. The molecule has 1 N–H and O–H groups in total. The van der Waals surface area contributed by atoms with Gasteiger partial charge in [-0.1, -0.05) is 11.6 Å². The van der Waals surface area contributed by atoms with Gasteiger partial charge in [0, 0.05) is 12.7 Å². The molecule has 1 fully saturated rings. The fraction of sp³-hybridized carbons (Fsp3) is 0.364. The molecule has 0 aliphatic carbocycles. The lowest BCUT2D eigenvalue weighted by molar-refractivity contribution is -0.139. The summed E-state index contributed by atoms with van der Waals surface area (Å²) in [7, 11) is 0. The van der Waals surface area contributed by atoms with Crippen LogP contribution in [0.4, 0.5) is 5.82 Å². The Balaban J connectivity index is 2.46. The number of amides is 1. The van der Waals surface area contributed by atoms with Crippen molar-refractivity contribution < 1.29 is 14.7 Å². The zero-order chi connectivity index (χ0) is 13.3. The quantitative estimate of drug-likeness (QED) is 0.891. The van der Waals surface area contributed by atoms with Crippen molar-refractivity contribution in [3.63, 3.8) is 0 Å². The summed E-state index contributed by atoms with van der Waals surface area (Å²) in [4.78, 5) is 27.0. The van der Waals surface area contributed by atoms with Crippen LogP contribution >= 0.6 is 11.6 Å². The number of anilines is 1. The molecule has 96 valence electrons. The Bertz CT molecular complexity index is 494. The van der Waals surface area contributed by atoms with Crippen LogP contribution in [-0.2, 0) is 9.59 Å². The van der Waals surface area contributed by atoms with E-state index in [9.17, 15) is 14.7 Å². The van der Waals surface area contributed by atoms with Crippen LogP contribution in [0.5, 0.6) is 0 Å². The Morgan fingerprint density at radius 3 is 2.94 bits per heavy atom. The van der Waals surface area contributed by atoms with Gasteiger partial charge in [0.1, 0.15) is 0 Å². The first-order valence-corrected chi connectivity index (χ1v) is 5.87. The molecule has 1 aromatic rings. The van der Waals surface area contributed by atoms with Crippen LogP contribution in [0.25, 0.3) is 0 Å². The second-order valence-corrected chi connectivity index (χ2v) is 4.23. The summed E-state index contributed by atoms with van der Waals surface area (Å²) >= 11 is 6.01. The van der Waals surface area contributed by atoms with Crippen LogP contribution in [0.2, 0.25) is 5.02 Å². The number of aliphatic carboxylic acids is 1. The molecule has 1 aliphatic heterocycles.